The number of rotatable bonds is 6. The Morgan fingerprint density at radius 2 is 1.60 bits per heavy atom. The Labute approximate surface area is 315 Å². The van der Waals surface area contributed by atoms with Gasteiger partial charge in [-0.15, -0.1) is 12.8 Å². The van der Waals surface area contributed by atoms with E-state index in [1.165, 1.54) is 83.4 Å². The van der Waals surface area contributed by atoms with Crippen molar-refractivity contribution in [3.8, 4) is 29.9 Å². The van der Waals surface area contributed by atoms with Crippen molar-refractivity contribution >= 4 is 34.4 Å². The number of benzene rings is 2. The first-order valence-electron chi connectivity index (χ1n) is 18.7. The summed E-state index contributed by atoms with van der Waals surface area (Å²) < 4.78 is 23.5. The second-order valence-electron chi connectivity index (χ2n) is 14.5. The van der Waals surface area contributed by atoms with Crippen LogP contribution in [0.4, 0.5) is 0 Å². The number of piperazine rings is 1. The van der Waals surface area contributed by atoms with Gasteiger partial charge in [-0.05, 0) is 98.4 Å². The van der Waals surface area contributed by atoms with Gasteiger partial charge in [0.25, 0.3) is 5.91 Å². The Hall–Kier alpha value is -3.65. The summed E-state index contributed by atoms with van der Waals surface area (Å²) in [6.45, 7) is 7.10. The van der Waals surface area contributed by atoms with E-state index in [9.17, 15) is 13.8 Å². The first-order chi connectivity index (χ1) is 24.7. The van der Waals surface area contributed by atoms with Crippen LogP contribution in [0.15, 0.2) is 36.4 Å². The second kappa shape index (κ2) is 17.9. The molecule has 2 aliphatic carbocycles. The third-order valence-corrected chi connectivity index (χ3v) is 12.6. The minimum atomic E-state index is -1.52. The Kier molecular flexibility index (Phi) is 14.2. The quantitative estimate of drug-likeness (QED) is 0.194. The van der Waals surface area contributed by atoms with Crippen LogP contribution in [0.1, 0.15) is 106 Å². The Bertz CT molecular complexity index is 1730. The van der Waals surface area contributed by atoms with Crippen LogP contribution in [-0.2, 0) is 22.5 Å². The fraction of sp³-hybridized carbons (Fsp3) is 0.571. The maximum atomic E-state index is 13.3. The lowest BCUT2D eigenvalue weighted by molar-refractivity contribution is -0.123. The van der Waals surface area contributed by atoms with Crippen LogP contribution in [0.5, 0.6) is 5.75 Å². The van der Waals surface area contributed by atoms with E-state index >= 15 is 0 Å². The smallest absolute Gasteiger partial charge is 0.266 e. The van der Waals surface area contributed by atoms with Gasteiger partial charge in [0.05, 0.1) is 12.8 Å². The molecule has 9 nitrogen and oxygen atoms in total. The molecule has 0 spiro atoms. The predicted octanol–water partition coefficient (Wildman–Crippen LogP) is 7.53. The summed E-state index contributed by atoms with van der Waals surface area (Å²) in [6, 6.07) is 13.7. The molecule has 5 unspecified atom stereocenters. The maximum Gasteiger partial charge on any atom is 0.266 e. The molecule has 5 aliphatic rings. The zero-order valence-electron chi connectivity index (χ0n) is 31.6. The number of hydrogen-bond acceptors (Lipinski definition) is 5. The van der Waals surface area contributed by atoms with Crippen LogP contribution in [0, 0.1) is 18.8 Å². The van der Waals surface area contributed by atoms with Crippen LogP contribution in [0.3, 0.4) is 0 Å². The number of aromatic nitrogens is 1. The number of terminal acetylenes is 1. The summed E-state index contributed by atoms with van der Waals surface area (Å²) in [5.41, 5.74) is 7.27. The molecule has 5 atom stereocenters. The molecule has 52 heavy (non-hydrogen) atoms. The van der Waals surface area contributed by atoms with Gasteiger partial charge in [0, 0.05) is 74.9 Å². The number of carbonyl (C=O) groups excluding carboxylic acids is 2. The summed E-state index contributed by atoms with van der Waals surface area (Å²) >= 11 is -1.52. The summed E-state index contributed by atoms with van der Waals surface area (Å²) in [4.78, 5) is 28.3. The Morgan fingerprint density at radius 3 is 2.19 bits per heavy atom. The zero-order valence-corrected chi connectivity index (χ0v) is 32.5. The van der Waals surface area contributed by atoms with Gasteiger partial charge in [-0.3, -0.25) is 9.59 Å². The van der Waals surface area contributed by atoms with E-state index in [0.717, 1.165) is 37.3 Å². The fourth-order valence-corrected chi connectivity index (χ4v) is 9.60. The van der Waals surface area contributed by atoms with Gasteiger partial charge < -0.3 is 19.1 Å². The lowest BCUT2D eigenvalue weighted by Crippen LogP contribution is -2.51. The van der Waals surface area contributed by atoms with E-state index in [2.05, 4.69) is 53.6 Å². The van der Waals surface area contributed by atoms with Crippen molar-refractivity contribution in [3.63, 3.8) is 0 Å². The number of methoxy groups -OCH3 is 1. The minimum Gasteiger partial charge on any atom is -0.497 e. The maximum absolute atomic E-state index is 13.3. The molecule has 2 saturated heterocycles. The SMILES string of the molecule is C.C#C.CC.CN1CC2CCC(C1)N2C=O.COc1ccc2c(c1)C1CC1Cn1c-2c(C2CCCCC2)c2ccc(C(=O)N(C)S(=O)N(C)C)cc21. The second-order valence-corrected chi connectivity index (χ2v) is 16.2. The lowest BCUT2D eigenvalue weighted by Gasteiger charge is -2.36. The van der Waals surface area contributed by atoms with E-state index in [1.54, 1.807) is 32.6 Å². The molecule has 3 aromatic rings. The van der Waals surface area contributed by atoms with Crippen LogP contribution in [-0.4, -0.2) is 100.0 Å². The van der Waals surface area contributed by atoms with E-state index in [-0.39, 0.29) is 13.3 Å². The molecule has 8 rings (SSSR count). The van der Waals surface area contributed by atoms with Gasteiger partial charge in [-0.2, -0.15) is 0 Å². The first kappa shape index (κ1) is 41.1. The third-order valence-electron chi connectivity index (χ3n) is 11.3. The van der Waals surface area contributed by atoms with Crippen molar-refractivity contribution in [2.24, 2.45) is 5.92 Å². The monoisotopic (exact) mass is 731 g/mol. The number of hydrogen-bond donors (Lipinski definition) is 0. The number of likely N-dealkylation sites (tertiary alicyclic amines) is 1. The highest BCUT2D eigenvalue weighted by molar-refractivity contribution is 7.80. The van der Waals surface area contributed by atoms with Gasteiger partial charge >= 0.3 is 0 Å². The molecule has 0 radical (unpaired) electrons. The molecule has 1 aromatic heterocycles. The van der Waals surface area contributed by atoms with Crippen molar-refractivity contribution in [1.29, 1.82) is 0 Å². The Morgan fingerprint density at radius 1 is 0.942 bits per heavy atom. The van der Waals surface area contributed by atoms with E-state index in [0.29, 0.717) is 35.4 Å². The molecule has 2 aromatic carbocycles. The molecular weight excluding hydrogens is 671 g/mol. The average molecular weight is 732 g/mol. The molecule has 10 heteroatoms. The summed E-state index contributed by atoms with van der Waals surface area (Å²) in [7, 11) is 8.91. The number of amides is 2. The van der Waals surface area contributed by atoms with Gasteiger partial charge in [0.15, 0.2) is 0 Å². The summed E-state index contributed by atoms with van der Waals surface area (Å²) in [5, 5.41) is 1.27. The van der Waals surface area contributed by atoms with Crippen molar-refractivity contribution in [3.05, 3.63) is 53.1 Å². The first-order valence-corrected chi connectivity index (χ1v) is 19.7. The highest BCUT2D eigenvalue weighted by Gasteiger charge is 2.44. The average Bonchev–Trinajstić information content (AvgIpc) is 3.83. The van der Waals surface area contributed by atoms with Crippen molar-refractivity contribution in [2.75, 3.05) is 48.4 Å². The van der Waals surface area contributed by atoms with Crippen LogP contribution in [0.2, 0.25) is 0 Å². The molecule has 284 valence electrons. The van der Waals surface area contributed by atoms with Crippen molar-refractivity contribution in [2.45, 2.75) is 103 Å². The number of carbonyl (C=O) groups is 2. The third kappa shape index (κ3) is 7.97. The van der Waals surface area contributed by atoms with Crippen LogP contribution < -0.4 is 4.74 Å². The molecule has 4 heterocycles. The van der Waals surface area contributed by atoms with E-state index in [4.69, 9.17) is 4.74 Å². The summed E-state index contributed by atoms with van der Waals surface area (Å²) in [5.74, 6) is 2.42. The molecular formula is C42H61N5O4S. The normalized spacial score (nSPS) is 23.3. The van der Waals surface area contributed by atoms with Gasteiger partial charge in [0.2, 0.25) is 17.6 Å². The predicted molar refractivity (Wildman–Crippen MR) is 215 cm³/mol. The van der Waals surface area contributed by atoms with Gasteiger partial charge in [-0.1, -0.05) is 46.6 Å². The molecule has 2 amide bonds. The largest absolute Gasteiger partial charge is 0.497 e. The fourth-order valence-electron chi connectivity index (χ4n) is 8.86. The molecule has 4 fully saturated rings. The van der Waals surface area contributed by atoms with Gasteiger partial charge in [0.1, 0.15) is 5.75 Å². The zero-order chi connectivity index (χ0) is 37.0. The molecule has 0 N–H and O–H groups in total. The topological polar surface area (TPSA) is 78.3 Å². The number of nitrogens with zero attached hydrogens (tertiary/aromatic N) is 5. The minimum absolute atomic E-state index is 0. The number of fused-ring (bicyclic) bond motifs is 9. The van der Waals surface area contributed by atoms with Crippen LogP contribution in [0.25, 0.3) is 22.2 Å². The van der Waals surface area contributed by atoms with E-state index < -0.39 is 11.2 Å². The molecule has 3 aliphatic heterocycles. The molecule has 2 saturated carbocycles. The summed E-state index contributed by atoms with van der Waals surface area (Å²) in [6.07, 6.45) is 18.9. The van der Waals surface area contributed by atoms with E-state index in [1.807, 2.05) is 30.9 Å². The standard InChI is InChI=1S/C29H35N3O3S.C8H14N2O.C2H6.C2H2.CH4/c1-30(2)36(34)31(3)29(33)19-10-12-23-26(15-19)32-17-20-14-24(20)25-16-21(35-4)11-13-22(25)28(32)27(23)18-8-6-5-7-9-18;1-9-4-7-2-3-8(5-9)10(7)6-11;2*1-2;/h10-13,15-16,18,20,24H,5-9,14,17H2,1-4H3;6-8H,2-5H2,1H3;1-2H3;1-2H;1H4. The van der Waals surface area contributed by atoms with Crippen molar-refractivity contribution < 1.29 is 18.5 Å². The lowest BCUT2D eigenvalue weighted by atomic mass is 9.81. The Balaban J connectivity index is 0.000000318. The highest BCUT2D eigenvalue weighted by atomic mass is 32.2. The van der Waals surface area contributed by atoms with Gasteiger partial charge in [-0.25, -0.2) is 12.8 Å². The number of likely N-dealkylation sites (N-methyl/N-ethyl adjacent to an activating group) is 1. The number of ether oxygens (including phenoxy) is 1. The molecule has 2 bridgehead atoms. The van der Waals surface area contributed by atoms with Crippen molar-refractivity contribution in [1.82, 2.24) is 23.0 Å². The highest BCUT2D eigenvalue weighted by Crippen LogP contribution is 2.57. The van der Waals surface area contributed by atoms with Crippen LogP contribution >= 0.6 is 0 Å².